The third kappa shape index (κ3) is 3.04. The number of thiol groups is 1. The molecular formula is C29H19N3OS. The van der Waals surface area contributed by atoms with Crippen molar-refractivity contribution in [1.82, 2.24) is 5.32 Å². The van der Waals surface area contributed by atoms with E-state index in [1.54, 1.807) is 0 Å². The van der Waals surface area contributed by atoms with Crippen molar-refractivity contribution < 1.29 is 4.79 Å². The Labute approximate surface area is 202 Å². The van der Waals surface area contributed by atoms with Crippen LogP contribution in [-0.2, 0) is 4.79 Å². The van der Waals surface area contributed by atoms with E-state index in [0.717, 1.165) is 43.6 Å². The van der Waals surface area contributed by atoms with Gasteiger partial charge >= 0.3 is 0 Å². The Balaban J connectivity index is 1.72. The van der Waals surface area contributed by atoms with Gasteiger partial charge in [0.25, 0.3) is 5.91 Å². The molecule has 6 rings (SSSR count). The van der Waals surface area contributed by atoms with Crippen LogP contribution in [0, 0.1) is 11.3 Å². The van der Waals surface area contributed by atoms with E-state index in [0.29, 0.717) is 5.03 Å². The van der Waals surface area contributed by atoms with Crippen molar-refractivity contribution in [2.75, 3.05) is 4.90 Å². The van der Waals surface area contributed by atoms with Crippen LogP contribution >= 0.6 is 12.6 Å². The average molecular weight is 458 g/mol. The summed E-state index contributed by atoms with van der Waals surface area (Å²) in [6.07, 6.45) is -0.557. The van der Waals surface area contributed by atoms with E-state index in [1.807, 2.05) is 65.6 Å². The quantitative estimate of drug-likeness (QED) is 0.237. The van der Waals surface area contributed by atoms with Gasteiger partial charge in [0.05, 0.1) is 10.7 Å². The topological polar surface area (TPSA) is 56.1 Å². The van der Waals surface area contributed by atoms with E-state index in [1.165, 1.54) is 0 Å². The monoisotopic (exact) mass is 457 g/mol. The molecule has 0 radical (unpaired) electrons. The molecule has 4 nitrogen and oxygen atoms in total. The number of fused-ring (bicyclic) bond motifs is 3. The van der Waals surface area contributed by atoms with Gasteiger partial charge in [-0.3, -0.25) is 4.79 Å². The normalized spacial score (nSPS) is 16.2. The molecule has 1 unspecified atom stereocenters. The molecule has 5 heteroatoms. The number of benzene rings is 5. The second kappa shape index (κ2) is 7.95. The van der Waals surface area contributed by atoms with Crippen molar-refractivity contribution in [3.63, 3.8) is 0 Å². The molecule has 1 atom stereocenters. The molecule has 1 N–H and O–H groups in total. The lowest BCUT2D eigenvalue weighted by molar-refractivity contribution is -0.118. The van der Waals surface area contributed by atoms with Gasteiger partial charge in [0, 0.05) is 10.9 Å². The highest BCUT2D eigenvalue weighted by molar-refractivity contribution is 7.84. The molecule has 34 heavy (non-hydrogen) atoms. The molecule has 1 amide bonds. The van der Waals surface area contributed by atoms with E-state index in [2.05, 4.69) is 47.8 Å². The first-order valence-corrected chi connectivity index (χ1v) is 11.4. The van der Waals surface area contributed by atoms with Gasteiger partial charge in [0.2, 0.25) is 0 Å². The minimum Gasteiger partial charge on any atom is -0.327 e. The third-order valence-electron chi connectivity index (χ3n) is 6.43. The Morgan fingerprint density at radius 3 is 1.97 bits per heavy atom. The van der Waals surface area contributed by atoms with Crippen molar-refractivity contribution in [3.8, 4) is 6.07 Å². The second-order valence-corrected chi connectivity index (χ2v) is 8.71. The second-order valence-electron chi connectivity index (χ2n) is 8.29. The summed E-state index contributed by atoms with van der Waals surface area (Å²) < 4.78 is 0. The summed E-state index contributed by atoms with van der Waals surface area (Å²) in [5.41, 5.74) is 1.84. The summed E-state index contributed by atoms with van der Waals surface area (Å²) in [5, 5.41) is 19.5. The van der Waals surface area contributed by atoms with Gasteiger partial charge in [-0.15, -0.1) is 12.6 Å². The number of nitrogens with one attached hydrogen (secondary N) is 1. The summed E-state index contributed by atoms with van der Waals surface area (Å²) in [5.74, 6) is -0.425. The zero-order valence-corrected chi connectivity index (χ0v) is 19.0. The van der Waals surface area contributed by atoms with Crippen LogP contribution in [0.2, 0.25) is 0 Å². The number of amides is 1. The van der Waals surface area contributed by atoms with Crippen LogP contribution in [0.15, 0.2) is 108 Å². The van der Waals surface area contributed by atoms with E-state index in [4.69, 9.17) is 12.6 Å². The number of hydrogen-bond acceptors (Lipinski definition) is 4. The summed E-state index contributed by atoms with van der Waals surface area (Å²) in [7, 11) is 0. The fourth-order valence-electron chi connectivity index (χ4n) is 4.92. The Hall–Kier alpha value is -4.27. The van der Waals surface area contributed by atoms with Gasteiger partial charge in [-0.1, -0.05) is 84.9 Å². The summed E-state index contributed by atoms with van der Waals surface area (Å²) in [6.45, 7) is 0. The van der Waals surface area contributed by atoms with E-state index in [9.17, 15) is 10.1 Å². The maximum Gasteiger partial charge on any atom is 0.266 e. The lowest BCUT2D eigenvalue weighted by Crippen LogP contribution is -2.46. The fraction of sp³-hybridized carbons (Fsp3) is 0.0345. The lowest BCUT2D eigenvalue weighted by Gasteiger charge is -2.39. The molecule has 162 valence electrons. The Bertz CT molecular complexity index is 1640. The van der Waals surface area contributed by atoms with Gasteiger partial charge in [0.15, 0.2) is 0 Å². The van der Waals surface area contributed by atoms with Crippen LogP contribution in [0.25, 0.3) is 32.3 Å². The molecule has 0 aliphatic carbocycles. The highest BCUT2D eigenvalue weighted by atomic mass is 32.1. The average Bonchev–Trinajstić information content (AvgIpc) is 2.87. The minimum absolute atomic E-state index is 0.00272. The SMILES string of the molecule is N#CC1=C(S)N(c2cccc3ccccc23)C(c2c3ccccc3cc3ccccc23)NC1=O. The Morgan fingerprint density at radius 1 is 0.765 bits per heavy atom. The predicted octanol–water partition coefficient (Wildman–Crippen LogP) is 6.45. The summed E-state index contributed by atoms with van der Waals surface area (Å²) in [6, 6.07) is 34.7. The lowest BCUT2D eigenvalue weighted by atomic mass is 9.93. The van der Waals surface area contributed by atoms with Gasteiger partial charge < -0.3 is 10.2 Å². The number of rotatable bonds is 2. The maximum absolute atomic E-state index is 13.1. The Morgan fingerprint density at radius 2 is 1.32 bits per heavy atom. The first-order chi connectivity index (χ1) is 16.7. The first-order valence-electron chi connectivity index (χ1n) is 11.0. The molecule has 0 bridgehead atoms. The van der Waals surface area contributed by atoms with Crippen molar-refractivity contribution in [2.45, 2.75) is 6.17 Å². The number of anilines is 1. The highest BCUT2D eigenvalue weighted by Crippen LogP contribution is 2.43. The van der Waals surface area contributed by atoms with Gasteiger partial charge in [-0.05, 0) is 39.1 Å². The van der Waals surface area contributed by atoms with Crippen molar-refractivity contribution in [1.29, 1.82) is 5.26 Å². The number of nitriles is 1. The van der Waals surface area contributed by atoms with Crippen LogP contribution in [0.1, 0.15) is 11.7 Å². The van der Waals surface area contributed by atoms with Crippen LogP contribution in [0.4, 0.5) is 5.69 Å². The zero-order valence-electron chi connectivity index (χ0n) is 18.1. The van der Waals surface area contributed by atoms with Crippen LogP contribution < -0.4 is 10.2 Å². The van der Waals surface area contributed by atoms with E-state index in [-0.39, 0.29) is 5.57 Å². The van der Waals surface area contributed by atoms with Gasteiger partial charge in [0.1, 0.15) is 17.8 Å². The molecule has 5 aromatic carbocycles. The Kier molecular flexibility index (Phi) is 4.75. The minimum atomic E-state index is -0.557. The third-order valence-corrected chi connectivity index (χ3v) is 6.87. The largest absolute Gasteiger partial charge is 0.327 e. The molecule has 0 aromatic heterocycles. The van der Waals surface area contributed by atoms with E-state index >= 15 is 0 Å². The van der Waals surface area contributed by atoms with Gasteiger partial charge in [-0.2, -0.15) is 5.26 Å². The molecule has 1 aliphatic heterocycles. The van der Waals surface area contributed by atoms with Crippen LogP contribution in [0.3, 0.4) is 0 Å². The van der Waals surface area contributed by atoms with E-state index < -0.39 is 12.1 Å². The smallest absolute Gasteiger partial charge is 0.266 e. The van der Waals surface area contributed by atoms with Crippen LogP contribution in [0.5, 0.6) is 0 Å². The van der Waals surface area contributed by atoms with Gasteiger partial charge in [-0.25, -0.2) is 0 Å². The summed E-state index contributed by atoms with van der Waals surface area (Å²) in [4.78, 5) is 15.0. The van der Waals surface area contributed by atoms with Crippen molar-refractivity contribution >= 4 is 56.5 Å². The molecule has 0 spiro atoms. The number of carbonyl (C=O) groups excluding carboxylic acids is 1. The number of carbonyl (C=O) groups is 1. The molecule has 0 saturated carbocycles. The molecule has 1 aliphatic rings. The highest BCUT2D eigenvalue weighted by Gasteiger charge is 2.36. The fourth-order valence-corrected chi connectivity index (χ4v) is 5.30. The standard InChI is InChI=1S/C29H19N3OS/c30-17-24-28(33)31-27(32(29(24)34)25-15-7-11-18-8-1-4-12-21(18)25)26-22-13-5-2-9-19(22)16-20-10-3-6-14-23(20)26/h1-16,27,34H,(H,31,33). The number of hydrogen-bond donors (Lipinski definition) is 2. The molecular weight excluding hydrogens is 438 g/mol. The zero-order chi connectivity index (χ0) is 23.2. The number of nitrogens with zero attached hydrogens (tertiary/aromatic N) is 2. The predicted molar refractivity (Wildman–Crippen MR) is 140 cm³/mol. The molecule has 0 saturated heterocycles. The van der Waals surface area contributed by atoms with Crippen LogP contribution in [-0.4, -0.2) is 5.91 Å². The molecule has 1 heterocycles. The summed E-state index contributed by atoms with van der Waals surface area (Å²) >= 11 is 4.75. The van der Waals surface area contributed by atoms with Crippen molar-refractivity contribution in [3.05, 3.63) is 113 Å². The van der Waals surface area contributed by atoms with Crippen molar-refractivity contribution in [2.24, 2.45) is 0 Å². The first kappa shape index (κ1) is 20.3. The maximum atomic E-state index is 13.1. The molecule has 0 fully saturated rings. The molecule has 5 aromatic rings.